The smallest absolute Gasteiger partial charge is 0.141 e. The van der Waals surface area contributed by atoms with Gasteiger partial charge in [0.15, 0.2) is 0 Å². The van der Waals surface area contributed by atoms with Crippen LogP contribution in [0.3, 0.4) is 0 Å². The highest BCUT2D eigenvalue weighted by Crippen LogP contribution is 2.18. The Hall–Kier alpha value is -0.710. The SMILES string of the molecule is OC(CCCl)C(O)c1cncc(F)c1. The van der Waals surface area contributed by atoms with E-state index in [4.69, 9.17) is 11.6 Å². The first-order chi connectivity index (χ1) is 6.65. The van der Waals surface area contributed by atoms with Gasteiger partial charge in [0, 0.05) is 17.6 Å². The Balaban J connectivity index is 2.73. The van der Waals surface area contributed by atoms with Gasteiger partial charge in [0.2, 0.25) is 0 Å². The van der Waals surface area contributed by atoms with Gasteiger partial charge >= 0.3 is 0 Å². The Morgan fingerprint density at radius 3 is 2.71 bits per heavy atom. The molecule has 1 aromatic heterocycles. The van der Waals surface area contributed by atoms with Gasteiger partial charge in [-0.25, -0.2) is 4.39 Å². The largest absolute Gasteiger partial charge is 0.390 e. The van der Waals surface area contributed by atoms with Gasteiger partial charge in [-0.1, -0.05) is 0 Å². The van der Waals surface area contributed by atoms with Gasteiger partial charge < -0.3 is 10.2 Å². The molecule has 1 heterocycles. The summed E-state index contributed by atoms with van der Waals surface area (Å²) in [5, 5.41) is 18.9. The third-order valence-corrected chi connectivity index (χ3v) is 2.06. The first-order valence-electron chi connectivity index (χ1n) is 4.17. The van der Waals surface area contributed by atoms with Gasteiger partial charge in [-0.15, -0.1) is 11.6 Å². The molecule has 3 nitrogen and oxygen atoms in total. The molecule has 14 heavy (non-hydrogen) atoms. The zero-order valence-electron chi connectivity index (χ0n) is 7.40. The maximum Gasteiger partial charge on any atom is 0.141 e. The van der Waals surface area contributed by atoms with Crippen molar-refractivity contribution >= 4 is 11.6 Å². The molecule has 0 saturated heterocycles. The van der Waals surface area contributed by atoms with Crippen molar-refractivity contribution in [3.63, 3.8) is 0 Å². The molecule has 0 amide bonds. The molecule has 0 aliphatic rings. The molecule has 78 valence electrons. The summed E-state index contributed by atoms with van der Waals surface area (Å²) in [6.45, 7) is 0. The molecular formula is C9H11ClFNO2. The van der Waals surface area contributed by atoms with Crippen LogP contribution in [-0.2, 0) is 0 Å². The van der Waals surface area contributed by atoms with E-state index in [1.165, 1.54) is 6.20 Å². The molecular weight excluding hydrogens is 209 g/mol. The lowest BCUT2D eigenvalue weighted by Gasteiger charge is -2.16. The highest BCUT2D eigenvalue weighted by atomic mass is 35.5. The van der Waals surface area contributed by atoms with Crippen molar-refractivity contribution in [1.29, 1.82) is 0 Å². The summed E-state index contributed by atoms with van der Waals surface area (Å²) in [7, 11) is 0. The monoisotopic (exact) mass is 219 g/mol. The van der Waals surface area contributed by atoms with Crippen LogP contribution in [0.15, 0.2) is 18.5 Å². The summed E-state index contributed by atoms with van der Waals surface area (Å²) in [5.74, 6) is -0.305. The fourth-order valence-corrected chi connectivity index (χ4v) is 1.31. The minimum absolute atomic E-state index is 0.237. The summed E-state index contributed by atoms with van der Waals surface area (Å²) < 4.78 is 12.7. The standard InChI is InChI=1S/C9H11ClFNO2/c10-2-1-8(13)9(14)6-3-7(11)5-12-4-6/h3-5,8-9,13-14H,1-2H2. The number of nitrogens with zero attached hydrogens (tertiary/aromatic N) is 1. The maximum absolute atomic E-state index is 12.7. The Bertz CT molecular complexity index is 298. The van der Waals surface area contributed by atoms with E-state index in [0.29, 0.717) is 0 Å². The second-order valence-corrected chi connectivity index (χ2v) is 3.30. The fourth-order valence-electron chi connectivity index (χ4n) is 1.08. The lowest BCUT2D eigenvalue weighted by Crippen LogP contribution is -2.18. The van der Waals surface area contributed by atoms with Gasteiger partial charge in [-0.05, 0) is 12.5 Å². The Kier molecular flexibility index (Phi) is 4.25. The molecule has 0 bridgehead atoms. The van der Waals surface area contributed by atoms with E-state index in [9.17, 15) is 14.6 Å². The van der Waals surface area contributed by atoms with Crippen LogP contribution in [0.1, 0.15) is 18.1 Å². The molecule has 2 unspecified atom stereocenters. The third-order valence-electron chi connectivity index (χ3n) is 1.84. The Labute approximate surface area is 86.2 Å². The lowest BCUT2D eigenvalue weighted by atomic mass is 10.0. The summed E-state index contributed by atoms with van der Waals surface area (Å²) in [6, 6.07) is 1.13. The minimum atomic E-state index is -1.14. The minimum Gasteiger partial charge on any atom is -0.390 e. The third kappa shape index (κ3) is 2.90. The van der Waals surface area contributed by atoms with Crippen molar-refractivity contribution in [2.75, 3.05) is 5.88 Å². The van der Waals surface area contributed by atoms with E-state index in [1.807, 2.05) is 0 Å². The normalized spacial score (nSPS) is 15.1. The zero-order valence-corrected chi connectivity index (χ0v) is 8.15. The van der Waals surface area contributed by atoms with Crippen LogP contribution in [0.25, 0.3) is 0 Å². The second-order valence-electron chi connectivity index (χ2n) is 2.93. The molecule has 5 heteroatoms. The topological polar surface area (TPSA) is 53.4 Å². The molecule has 0 aliphatic carbocycles. The number of alkyl halides is 1. The van der Waals surface area contributed by atoms with E-state index in [-0.39, 0.29) is 17.9 Å². The van der Waals surface area contributed by atoms with Crippen LogP contribution < -0.4 is 0 Å². The van der Waals surface area contributed by atoms with Crippen LogP contribution in [0.2, 0.25) is 0 Å². The summed E-state index contributed by atoms with van der Waals surface area (Å²) in [5.41, 5.74) is 0.252. The molecule has 0 radical (unpaired) electrons. The molecule has 0 aliphatic heterocycles. The number of aromatic nitrogens is 1. The van der Waals surface area contributed by atoms with Crippen molar-refractivity contribution in [1.82, 2.24) is 4.98 Å². The predicted octanol–water partition coefficient (Wildman–Crippen LogP) is 1.24. The average molecular weight is 220 g/mol. The molecule has 2 N–H and O–H groups in total. The predicted molar refractivity (Wildman–Crippen MR) is 50.5 cm³/mol. The van der Waals surface area contributed by atoms with Crippen LogP contribution in [-0.4, -0.2) is 27.2 Å². The van der Waals surface area contributed by atoms with E-state index >= 15 is 0 Å². The van der Waals surface area contributed by atoms with Gasteiger partial charge in [0.1, 0.15) is 11.9 Å². The number of aliphatic hydroxyl groups is 2. The molecule has 1 rings (SSSR count). The average Bonchev–Trinajstić information content (AvgIpc) is 2.17. The second kappa shape index (κ2) is 5.24. The Morgan fingerprint density at radius 1 is 1.43 bits per heavy atom. The quantitative estimate of drug-likeness (QED) is 0.750. The molecule has 0 aromatic carbocycles. The van der Waals surface area contributed by atoms with E-state index in [1.54, 1.807) is 0 Å². The van der Waals surface area contributed by atoms with Crippen LogP contribution >= 0.6 is 11.6 Å². The molecule has 2 atom stereocenters. The number of halogens is 2. The van der Waals surface area contributed by atoms with Crippen molar-refractivity contribution in [3.8, 4) is 0 Å². The van der Waals surface area contributed by atoms with E-state index in [0.717, 1.165) is 12.3 Å². The number of aliphatic hydroxyl groups excluding tert-OH is 2. The van der Waals surface area contributed by atoms with E-state index < -0.39 is 18.0 Å². The van der Waals surface area contributed by atoms with Gasteiger partial charge in [0.05, 0.1) is 12.3 Å². The first kappa shape index (κ1) is 11.4. The zero-order chi connectivity index (χ0) is 10.6. The highest BCUT2D eigenvalue weighted by Gasteiger charge is 2.18. The summed E-state index contributed by atoms with van der Waals surface area (Å²) in [4.78, 5) is 3.57. The molecule has 1 aromatic rings. The van der Waals surface area contributed by atoms with Gasteiger partial charge in [-0.3, -0.25) is 4.98 Å². The first-order valence-corrected chi connectivity index (χ1v) is 4.71. The number of hydrogen-bond acceptors (Lipinski definition) is 3. The number of pyridine rings is 1. The summed E-state index contributed by atoms with van der Waals surface area (Å²) >= 11 is 5.40. The van der Waals surface area contributed by atoms with Crippen LogP contribution in [0, 0.1) is 5.82 Å². The molecule has 0 spiro atoms. The maximum atomic E-state index is 12.7. The van der Waals surface area contributed by atoms with Crippen LogP contribution in [0.4, 0.5) is 4.39 Å². The van der Waals surface area contributed by atoms with Crippen LogP contribution in [0.5, 0.6) is 0 Å². The van der Waals surface area contributed by atoms with E-state index in [2.05, 4.69) is 4.98 Å². The van der Waals surface area contributed by atoms with Gasteiger partial charge in [-0.2, -0.15) is 0 Å². The lowest BCUT2D eigenvalue weighted by molar-refractivity contribution is 0.0166. The van der Waals surface area contributed by atoms with Crippen molar-refractivity contribution in [3.05, 3.63) is 29.8 Å². The van der Waals surface area contributed by atoms with Crippen molar-refractivity contribution in [2.24, 2.45) is 0 Å². The van der Waals surface area contributed by atoms with Crippen molar-refractivity contribution in [2.45, 2.75) is 18.6 Å². The van der Waals surface area contributed by atoms with Crippen molar-refractivity contribution < 1.29 is 14.6 Å². The molecule has 0 saturated carbocycles. The highest BCUT2D eigenvalue weighted by molar-refractivity contribution is 6.17. The number of rotatable bonds is 4. The molecule has 0 fully saturated rings. The summed E-state index contributed by atoms with van der Waals surface area (Å²) in [6.07, 6.45) is 0.460. The fraction of sp³-hybridized carbons (Fsp3) is 0.444. The number of hydrogen-bond donors (Lipinski definition) is 2. The van der Waals surface area contributed by atoms with Gasteiger partial charge in [0.25, 0.3) is 0 Å². The Morgan fingerprint density at radius 2 is 2.14 bits per heavy atom.